The van der Waals surface area contributed by atoms with Crippen LogP contribution in [0.25, 0.3) is 10.8 Å². The number of benzene rings is 3. The summed E-state index contributed by atoms with van der Waals surface area (Å²) in [7, 11) is 0. The van der Waals surface area contributed by atoms with Crippen LogP contribution >= 0.6 is 0 Å². The van der Waals surface area contributed by atoms with Crippen LogP contribution in [0.1, 0.15) is 35.2 Å². The molecule has 4 aromatic rings. The maximum absolute atomic E-state index is 9.82. The molecule has 0 spiro atoms. The number of H-pyrrole nitrogens is 1. The minimum atomic E-state index is -0.418. The predicted molar refractivity (Wildman–Crippen MR) is 129 cm³/mol. The summed E-state index contributed by atoms with van der Waals surface area (Å²) in [6, 6.07) is 22.3. The van der Waals surface area contributed by atoms with E-state index in [1.54, 1.807) is 0 Å². The molecule has 34 heavy (non-hydrogen) atoms. The van der Waals surface area contributed by atoms with Crippen LogP contribution in [0, 0.1) is 18.3 Å². The van der Waals surface area contributed by atoms with Crippen LogP contribution < -0.4 is 19.9 Å². The summed E-state index contributed by atoms with van der Waals surface area (Å²) < 4.78 is 17.7. The molecule has 3 N–H and O–H groups in total. The second-order valence-corrected chi connectivity index (χ2v) is 8.06. The third kappa shape index (κ3) is 3.69. The van der Waals surface area contributed by atoms with Gasteiger partial charge in [0.2, 0.25) is 11.8 Å². The van der Waals surface area contributed by atoms with Crippen molar-refractivity contribution in [1.29, 1.82) is 5.26 Å². The molecule has 7 nitrogen and oxygen atoms in total. The molecule has 0 radical (unpaired) electrons. The van der Waals surface area contributed by atoms with E-state index in [9.17, 15) is 5.26 Å². The molecule has 0 fully saturated rings. The lowest BCUT2D eigenvalue weighted by atomic mass is 9.84. The SMILES string of the molecule is CCOc1cc(C2C(C#N)=C(N)Oc3n[nH]c(C)c32)ccc1OCc1cccc2ccccc12. The van der Waals surface area contributed by atoms with Crippen molar-refractivity contribution in [3.05, 3.63) is 94.5 Å². The summed E-state index contributed by atoms with van der Waals surface area (Å²) in [4.78, 5) is 0. The Labute approximate surface area is 197 Å². The molecule has 0 bridgehead atoms. The topological polar surface area (TPSA) is 106 Å². The van der Waals surface area contributed by atoms with E-state index in [-0.39, 0.29) is 5.88 Å². The molecule has 0 saturated heterocycles. The second-order valence-electron chi connectivity index (χ2n) is 8.06. The van der Waals surface area contributed by atoms with E-state index in [2.05, 4.69) is 40.5 Å². The molecule has 2 heterocycles. The Morgan fingerprint density at radius 2 is 1.91 bits per heavy atom. The Balaban J connectivity index is 1.50. The van der Waals surface area contributed by atoms with Crippen LogP contribution in [0.4, 0.5) is 0 Å². The van der Waals surface area contributed by atoms with Crippen molar-refractivity contribution < 1.29 is 14.2 Å². The van der Waals surface area contributed by atoms with Gasteiger partial charge < -0.3 is 19.9 Å². The number of nitrogens with one attached hydrogen (secondary N) is 1. The number of fused-ring (bicyclic) bond motifs is 2. The van der Waals surface area contributed by atoms with Gasteiger partial charge in [-0.05, 0) is 47.9 Å². The van der Waals surface area contributed by atoms with Gasteiger partial charge in [0.05, 0.1) is 12.5 Å². The molecule has 170 valence electrons. The maximum Gasteiger partial charge on any atom is 0.244 e. The average Bonchev–Trinajstić information content (AvgIpc) is 3.22. The monoisotopic (exact) mass is 452 g/mol. The standard InChI is InChI=1S/C27H24N4O3/c1-3-32-23-13-18(25-21(14-28)26(29)34-27-24(25)16(2)30-31-27)11-12-22(23)33-15-19-9-6-8-17-7-4-5-10-20(17)19/h4-13,25H,3,15,29H2,1-2H3,(H,30,31). The third-order valence-corrected chi connectivity index (χ3v) is 5.99. The van der Waals surface area contributed by atoms with Crippen molar-refractivity contribution in [2.24, 2.45) is 5.73 Å². The molecule has 7 heteroatoms. The summed E-state index contributed by atoms with van der Waals surface area (Å²) in [5, 5.41) is 19.3. The quantitative estimate of drug-likeness (QED) is 0.423. The maximum atomic E-state index is 9.82. The largest absolute Gasteiger partial charge is 0.490 e. The average molecular weight is 453 g/mol. The van der Waals surface area contributed by atoms with Crippen molar-refractivity contribution in [1.82, 2.24) is 10.2 Å². The fraction of sp³-hybridized carbons (Fsp3) is 0.185. The van der Waals surface area contributed by atoms with E-state index in [4.69, 9.17) is 19.9 Å². The van der Waals surface area contributed by atoms with Crippen molar-refractivity contribution in [3.63, 3.8) is 0 Å². The number of aromatic amines is 1. The zero-order chi connectivity index (χ0) is 23.7. The molecular weight excluding hydrogens is 428 g/mol. The zero-order valence-electron chi connectivity index (χ0n) is 19.0. The molecular formula is C27H24N4O3. The number of allylic oxidation sites excluding steroid dienone is 1. The molecule has 0 aliphatic carbocycles. The van der Waals surface area contributed by atoms with Gasteiger partial charge in [0.15, 0.2) is 11.5 Å². The van der Waals surface area contributed by atoms with Gasteiger partial charge in [0.1, 0.15) is 18.2 Å². The lowest BCUT2D eigenvalue weighted by molar-refractivity contribution is 0.270. The lowest BCUT2D eigenvalue weighted by Gasteiger charge is -2.24. The first kappa shape index (κ1) is 21.4. The van der Waals surface area contributed by atoms with Crippen LogP contribution in [0.5, 0.6) is 17.4 Å². The molecule has 3 aromatic carbocycles. The first-order valence-corrected chi connectivity index (χ1v) is 11.1. The summed E-state index contributed by atoms with van der Waals surface area (Å²) in [5.74, 6) is 1.25. The van der Waals surface area contributed by atoms with Crippen LogP contribution in [0.3, 0.4) is 0 Å². The molecule has 0 amide bonds. The fourth-order valence-corrected chi connectivity index (χ4v) is 4.40. The van der Waals surface area contributed by atoms with Crippen LogP contribution in [-0.4, -0.2) is 16.8 Å². The van der Waals surface area contributed by atoms with E-state index >= 15 is 0 Å². The number of ether oxygens (including phenoxy) is 3. The van der Waals surface area contributed by atoms with Crippen molar-refractivity contribution >= 4 is 10.8 Å². The van der Waals surface area contributed by atoms with E-state index in [0.29, 0.717) is 36.2 Å². The lowest BCUT2D eigenvalue weighted by Crippen LogP contribution is -2.21. The minimum absolute atomic E-state index is 0.0562. The fourth-order valence-electron chi connectivity index (χ4n) is 4.40. The number of hydrogen-bond donors (Lipinski definition) is 2. The van der Waals surface area contributed by atoms with E-state index in [1.165, 1.54) is 5.39 Å². The van der Waals surface area contributed by atoms with Crippen molar-refractivity contribution in [2.75, 3.05) is 6.61 Å². The zero-order valence-corrected chi connectivity index (χ0v) is 19.0. The van der Waals surface area contributed by atoms with Crippen LogP contribution in [-0.2, 0) is 6.61 Å². The molecule has 0 saturated carbocycles. The Morgan fingerprint density at radius 1 is 1.09 bits per heavy atom. The van der Waals surface area contributed by atoms with Crippen LogP contribution in [0.2, 0.25) is 0 Å². The van der Waals surface area contributed by atoms with Gasteiger partial charge in [0.25, 0.3) is 0 Å². The Hall–Kier alpha value is -4.44. The highest BCUT2D eigenvalue weighted by molar-refractivity contribution is 5.85. The third-order valence-electron chi connectivity index (χ3n) is 5.99. The highest BCUT2D eigenvalue weighted by Crippen LogP contribution is 2.44. The van der Waals surface area contributed by atoms with Gasteiger partial charge in [-0.25, -0.2) is 0 Å². The first-order valence-electron chi connectivity index (χ1n) is 11.1. The Kier molecular flexibility index (Phi) is 5.56. The Bertz CT molecular complexity index is 1440. The molecule has 5 rings (SSSR count). The summed E-state index contributed by atoms with van der Waals surface area (Å²) in [6.45, 7) is 4.69. The van der Waals surface area contributed by atoms with Crippen LogP contribution in [0.15, 0.2) is 72.1 Å². The number of aromatic nitrogens is 2. The summed E-state index contributed by atoms with van der Waals surface area (Å²) in [6.07, 6.45) is 0. The number of aryl methyl sites for hydroxylation is 1. The van der Waals surface area contributed by atoms with Gasteiger partial charge >= 0.3 is 0 Å². The molecule has 1 aromatic heterocycles. The van der Waals surface area contributed by atoms with Gasteiger partial charge in [-0.1, -0.05) is 48.5 Å². The van der Waals surface area contributed by atoms with Gasteiger partial charge in [-0.15, -0.1) is 5.10 Å². The normalized spacial score (nSPS) is 14.9. The van der Waals surface area contributed by atoms with Gasteiger partial charge in [0, 0.05) is 11.3 Å². The highest BCUT2D eigenvalue weighted by atomic mass is 16.5. The number of hydrogen-bond acceptors (Lipinski definition) is 6. The highest BCUT2D eigenvalue weighted by Gasteiger charge is 2.34. The minimum Gasteiger partial charge on any atom is -0.490 e. The predicted octanol–water partition coefficient (Wildman–Crippen LogP) is 5.07. The molecule has 1 atom stereocenters. The van der Waals surface area contributed by atoms with E-state index in [0.717, 1.165) is 27.8 Å². The molecule has 1 unspecified atom stereocenters. The second kappa shape index (κ2) is 8.83. The Morgan fingerprint density at radius 3 is 2.74 bits per heavy atom. The van der Waals surface area contributed by atoms with Crippen molar-refractivity contribution in [3.8, 4) is 23.4 Å². The number of nitriles is 1. The smallest absolute Gasteiger partial charge is 0.244 e. The van der Waals surface area contributed by atoms with Gasteiger partial charge in [-0.2, -0.15) is 5.26 Å². The molecule has 1 aliphatic rings. The summed E-state index contributed by atoms with van der Waals surface area (Å²) >= 11 is 0. The van der Waals surface area contributed by atoms with E-state index < -0.39 is 5.92 Å². The van der Waals surface area contributed by atoms with Gasteiger partial charge in [-0.3, -0.25) is 5.10 Å². The number of nitrogens with zero attached hydrogens (tertiary/aromatic N) is 2. The van der Waals surface area contributed by atoms with Crippen molar-refractivity contribution in [2.45, 2.75) is 26.4 Å². The first-order chi connectivity index (χ1) is 16.6. The molecule has 1 aliphatic heterocycles. The number of rotatable bonds is 6. The van der Waals surface area contributed by atoms with E-state index in [1.807, 2.05) is 50.2 Å². The summed E-state index contributed by atoms with van der Waals surface area (Å²) in [5.41, 5.74) is 9.93. The number of nitrogens with two attached hydrogens (primary N) is 1.